The molecule has 2 amide bonds. The van der Waals surface area contributed by atoms with E-state index in [1.807, 2.05) is 13.0 Å². The lowest BCUT2D eigenvalue weighted by molar-refractivity contribution is -0.124. The number of likely N-dealkylation sites (N-methyl/N-ethyl adjacent to an activating group) is 1. The summed E-state index contributed by atoms with van der Waals surface area (Å²) in [6.07, 6.45) is 0.171. The quantitative estimate of drug-likeness (QED) is 0.678. The molecule has 1 aliphatic rings. The molecule has 0 aliphatic carbocycles. The number of carbonyl (C=O) groups is 2. The third-order valence-electron chi connectivity index (χ3n) is 3.01. The number of hydrogen-bond donors (Lipinski definition) is 3. The molecule has 1 atom stereocenters. The van der Waals surface area contributed by atoms with Crippen molar-refractivity contribution in [2.75, 3.05) is 25.0 Å². The Balaban J connectivity index is 0.00000242. The van der Waals surface area contributed by atoms with E-state index in [9.17, 15) is 9.59 Å². The fourth-order valence-electron chi connectivity index (χ4n) is 1.96. The Morgan fingerprint density at radius 3 is 2.91 bits per heavy atom. The van der Waals surface area contributed by atoms with Crippen LogP contribution in [-0.2, 0) is 9.59 Å². The first kappa shape index (κ1) is 19.1. The maximum absolute atomic E-state index is 12.0. The second kappa shape index (κ2) is 9.25. The number of carbonyl (C=O) groups excluding carboxylic acids is 2. The van der Waals surface area contributed by atoms with Crippen molar-refractivity contribution in [1.29, 1.82) is 0 Å². The third-order valence-corrected chi connectivity index (χ3v) is 4.52. The van der Waals surface area contributed by atoms with Gasteiger partial charge in [-0.2, -0.15) is 0 Å². The summed E-state index contributed by atoms with van der Waals surface area (Å²) in [4.78, 5) is 24.8. The number of fused-ring (bicyclic) bond motifs is 1. The van der Waals surface area contributed by atoms with Gasteiger partial charge in [-0.15, -0.1) is 24.2 Å². The van der Waals surface area contributed by atoms with Crippen LogP contribution in [0, 0.1) is 0 Å². The molecule has 22 heavy (non-hydrogen) atoms. The molecule has 1 aromatic rings. The van der Waals surface area contributed by atoms with Crippen LogP contribution in [0.5, 0.6) is 0 Å². The molecule has 5 nitrogen and oxygen atoms in total. The summed E-state index contributed by atoms with van der Waals surface area (Å²) in [5, 5.41) is 8.89. The van der Waals surface area contributed by atoms with Gasteiger partial charge in [-0.25, -0.2) is 0 Å². The lowest BCUT2D eigenvalue weighted by Crippen LogP contribution is -2.37. The summed E-state index contributed by atoms with van der Waals surface area (Å²) >= 11 is 7.30. The largest absolute Gasteiger partial charge is 0.355 e. The molecule has 0 fully saturated rings. The van der Waals surface area contributed by atoms with Crippen molar-refractivity contribution in [3.8, 4) is 0 Å². The second-order valence-electron chi connectivity index (χ2n) is 4.64. The van der Waals surface area contributed by atoms with Crippen LogP contribution in [0.2, 0.25) is 5.02 Å². The minimum atomic E-state index is -0.405. The topological polar surface area (TPSA) is 70.2 Å². The number of halogens is 2. The zero-order valence-corrected chi connectivity index (χ0v) is 14.5. The Labute approximate surface area is 145 Å². The molecule has 0 radical (unpaired) electrons. The highest BCUT2D eigenvalue weighted by Gasteiger charge is 2.28. The predicted molar refractivity (Wildman–Crippen MR) is 93.1 cm³/mol. The van der Waals surface area contributed by atoms with Crippen molar-refractivity contribution in [1.82, 2.24) is 10.6 Å². The van der Waals surface area contributed by atoms with E-state index in [1.54, 1.807) is 12.1 Å². The SMILES string of the molecule is CCNCCNC(=O)CC1Sc2ccc(Cl)cc2NC1=O.Cl. The van der Waals surface area contributed by atoms with Gasteiger partial charge in [0, 0.05) is 29.4 Å². The fraction of sp³-hybridized carbons (Fsp3) is 0.429. The lowest BCUT2D eigenvalue weighted by Gasteiger charge is -2.23. The summed E-state index contributed by atoms with van der Waals surface area (Å²) in [6.45, 7) is 4.18. The van der Waals surface area contributed by atoms with Crippen LogP contribution in [0.25, 0.3) is 0 Å². The smallest absolute Gasteiger partial charge is 0.238 e. The highest BCUT2D eigenvalue weighted by atomic mass is 35.5. The summed E-state index contributed by atoms with van der Waals surface area (Å²) in [5.74, 6) is -0.269. The van der Waals surface area contributed by atoms with Crippen molar-refractivity contribution >= 4 is 53.3 Å². The average molecular weight is 364 g/mol. The van der Waals surface area contributed by atoms with E-state index >= 15 is 0 Å². The highest BCUT2D eigenvalue weighted by molar-refractivity contribution is 8.01. The van der Waals surface area contributed by atoms with Crippen LogP contribution in [-0.4, -0.2) is 36.7 Å². The fourth-order valence-corrected chi connectivity index (χ4v) is 3.23. The second-order valence-corrected chi connectivity index (χ2v) is 6.32. The van der Waals surface area contributed by atoms with Gasteiger partial charge in [0.15, 0.2) is 0 Å². The molecule has 1 aromatic carbocycles. The van der Waals surface area contributed by atoms with Crippen LogP contribution >= 0.6 is 35.8 Å². The van der Waals surface area contributed by atoms with Gasteiger partial charge in [0.25, 0.3) is 0 Å². The Bertz CT molecular complexity index is 543. The molecule has 0 saturated carbocycles. The summed E-state index contributed by atoms with van der Waals surface area (Å²) < 4.78 is 0. The number of benzene rings is 1. The maximum atomic E-state index is 12.0. The van der Waals surface area contributed by atoms with Crippen molar-refractivity contribution in [2.45, 2.75) is 23.5 Å². The van der Waals surface area contributed by atoms with Gasteiger partial charge in [-0.05, 0) is 24.7 Å². The van der Waals surface area contributed by atoms with Gasteiger partial charge in [-0.3, -0.25) is 9.59 Å². The molecule has 0 bridgehead atoms. The minimum absolute atomic E-state index is 0. The molecule has 0 saturated heterocycles. The molecule has 1 aliphatic heterocycles. The van der Waals surface area contributed by atoms with Gasteiger partial charge in [0.1, 0.15) is 0 Å². The number of amides is 2. The molecule has 0 aromatic heterocycles. The summed E-state index contributed by atoms with van der Waals surface area (Å²) in [5.41, 5.74) is 0.710. The van der Waals surface area contributed by atoms with Crippen molar-refractivity contribution in [3.05, 3.63) is 23.2 Å². The molecule has 2 rings (SSSR count). The van der Waals surface area contributed by atoms with E-state index in [4.69, 9.17) is 11.6 Å². The van der Waals surface area contributed by atoms with Gasteiger partial charge in [0.05, 0.1) is 10.9 Å². The zero-order chi connectivity index (χ0) is 15.2. The minimum Gasteiger partial charge on any atom is -0.355 e. The third kappa shape index (κ3) is 5.35. The van der Waals surface area contributed by atoms with Gasteiger partial charge < -0.3 is 16.0 Å². The Hall–Kier alpha value is -0.950. The van der Waals surface area contributed by atoms with E-state index in [1.165, 1.54) is 11.8 Å². The Morgan fingerprint density at radius 2 is 2.18 bits per heavy atom. The number of hydrogen-bond acceptors (Lipinski definition) is 4. The number of nitrogens with one attached hydrogen (secondary N) is 3. The van der Waals surface area contributed by atoms with E-state index < -0.39 is 5.25 Å². The highest BCUT2D eigenvalue weighted by Crippen LogP contribution is 2.38. The van der Waals surface area contributed by atoms with Crippen LogP contribution < -0.4 is 16.0 Å². The van der Waals surface area contributed by atoms with Crippen LogP contribution in [0.1, 0.15) is 13.3 Å². The predicted octanol–water partition coefficient (Wildman–Crippen LogP) is 2.29. The van der Waals surface area contributed by atoms with E-state index in [0.717, 1.165) is 18.0 Å². The Kier molecular flexibility index (Phi) is 8.03. The average Bonchev–Trinajstić information content (AvgIpc) is 2.45. The molecule has 122 valence electrons. The molecule has 3 N–H and O–H groups in total. The van der Waals surface area contributed by atoms with Gasteiger partial charge in [-0.1, -0.05) is 18.5 Å². The molecule has 8 heteroatoms. The van der Waals surface area contributed by atoms with Gasteiger partial charge >= 0.3 is 0 Å². The first-order valence-electron chi connectivity index (χ1n) is 6.84. The van der Waals surface area contributed by atoms with E-state index in [2.05, 4.69) is 16.0 Å². The molecule has 1 unspecified atom stereocenters. The van der Waals surface area contributed by atoms with Crippen LogP contribution in [0.4, 0.5) is 5.69 Å². The standard InChI is InChI=1S/C14H18ClN3O2S.ClH/c1-2-16-5-6-17-13(19)8-12-14(20)18-10-7-9(15)3-4-11(10)21-12;/h3-4,7,12,16H,2,5-6,8H2,1H3,(H,17,19)(H,18,20);1H. The van der Waals surface area contributed by atoms with Crippen molar-refractivity contribution in [2.24, 2.45) is 0 Å². The molecular weight excluding hydrogens is 345 g/mol. The lowest BCUT2D eigenvalue weighted by atomic mass is 10.2. The van der Waals surface area contributed by atoms with Gasteiger partial charge in [0.2, 0.25) is 11.8 Å². The van der Waals surface area contributed by atoms with E-state index in [-0.39, 0.29) is 30.6 Å². The number of rotatable bonds is 6. The first-order valence-corrected chi connectivity index (χ1v) is 8.10. The molecule has 0 spiro atoms. The monoisotopic (exact) mass is 363 g/mol. The maximum Gasteiger partial charge on any atom is 0.238 e. The summed E-state index contributed by atoms with van der Waals surface area (Å²) in [6, 6.07) is 5.35. The normalized spacial score (nSPS) is 16.3. The van der Waals surface area contributed by atoms with Crippen LogP contribution in [0.15, 0.2) is 23.1 Å². The summed E-state index contributed by atoms with van der Waals surface area (Å²) in [7, 11) is 0. The number of anilines is 1. The van der Waals surface area contributed by atoms with Crippen molar-refractivity contribution < 1.29 is 9.59 Å². The van der Waals surface area contributed by atoms with E-state index in [0.29, 0.717) is 17.3 Å². The molecule has 1 heterocycles. The number of thioether (sulfide) groups is 1. The van der Waals surface area contributed by atoms with Crippen LogP contribution in [0.3, 0.4) is 0 Å². The first-order chi connectivity index (χ1) is 10.1. The van der Waals surface area contributed by atoms with Crippen molar-refractivity contribution in [3.63, 3.8) is 0 Å². The zero-order valence-electron chi connectivity index (χ0n) is 12.1. The molecular formula is C14H19Cl2N3O2S. The Morgan fingerprint density at radius 1 is 1.41 bits per heavy atom.